The molecule has 0 rings (SSSR count). The summed E-state index contributed by atoms with van der Waals surface area (Å²) < 4.78 is 58.3. The van der Waals surface area contributed by atoms with E-state index in [0.717, 1.165) is 0 Å². The molecule has 0 aliphatic carbocycles. The Morgan fingerprint density at radius 2 is 0.423 bits per heavy atom. The fourth-order valence-corrected chi connectivity index (χ4v) is 5.51. The summed E-state index contributed by atoms with van der Waals surface area (Å²) in [6.07, 6.45) is -1.21. The average Bonchev–Trinajstić information content (AvgIpc) is 2.42. The monoisotopic (exact) mass is 522 g/mol. The van der Waals surface area contributed by atoms with Crippen molar-refractivity contribution in [2.75, 3.05) is 37.0 Å². The first-order valence-corrected chi connectivity index (χ1v) is 15.2. The van der Waals surface area contributed by atoms with Gasteiger partial charge in [-0.05, 0) is 37.0 Å². The SMILES string of the molecule is O=[PH]([O-])CC[PH](=O)[O-].O=[PH]([O-])CC[PH](=O)[O-].O=[PH]([O-])CC[PH](=O)[O-].[Al+3].[Al+3]. The molecule has 26 heavy (non-hydrogen) atoms. The second-order valence-electron chi connectivity index (χ2n) is 3.73. The van der Waals surface area contributed by atoms with Gasteiger partial charge < -0.3 is 56.8 Å². The molecule has 0 aromatic carbocycles. The Bertz CT molecular complexity index is 367. The predicted octanol–water partition coefficient (Wildman–Crippen LogP) is -4.79. The van der Waals surface area contributed by atoms with Crippen LogP contribution >= 0.6 is 48.2 Å². The van der Waals surface area contributed by atoms with Gasteiger partial charge in [0.05, 0.1) is 0 Å². The first-order chi connectivity index (χ1) is 10.9. The van der Waals surface area contributed by atoms with Crippen molar-refractivity contribution in [2.45, 2.75) is 0 Å². The molecule has 0 amide bonds. The zero-order valence-electron chi connectivity index (χ0n) is 13.3. The Hall–Kier alpha value is 2.20. The quantitative estimate of drug-likeness (QED) is 0.205. The van der Waals surface area contributed by atoms with Crippen molar-refractivity contribution >= 4 is 82.9 Å². The average molecular weight is 522 g/mol. The zero-order chi connectivity index (χ0) is 19.7. The molecule has 0 saturated carbocycles. The smallest absolute Gasteiger partial charge is 0.802 e. The molecule has 0 aromatic heterocycles. The standard InChI is InChI=1S/3C2H8O4P2.2Al/c3*3-7(4)1-2-8(5)6;;/h3*7-8H,1-2H2,(H,3,4)(H,5,6);;/q;;;2*+3/p-6. The Morgan fingerprint density at radius 3 is 0.462 bits per heavy atom. The van der Waals surface area contributed by atoms with Crippen molar-refractivity contribution in [1.82, 2.24) is 0 Å². The molecule has 0 aliphatic rings. The first kappa shape index (κ1) is 38.8. The molecule has 0 saturated heterocycles. The van der Waals surface area contributed by atoms with E-state index < -0.39 is 48.2 Å². The van der Waals surface area contributed by atoms with Gasteiger partial charge in [0.15, 0.2) is 0 Å². The molecule has 0 aromatic rings. The van der Waals surface area contributed by atoms with E-state index >= 15 is 0 Å². The third-order valence-electron chi connectivity index (χ3n) is 1.60. The van der Waals surface area contributed by atoms with Crippen LogP contribution in [0.3, 0.4) is 0 Å². The van der Waals surface area contributed by atoms with Gasteiger partial charge in [-0.15, -0.1) is 0 Å². The van der Waals surface area contributed by atoms with Crippen molar-refractivity contribution in [3.63, 3.8) is 0 Å². The largest absolute Gasteiger partial charge is 3.00 e. The van der Waals surface area contributed by atoms with Gasteiger partial charge >= 0.3 is 34.7 Å². The van der Waals surface area contributed by atoms with Crippen molar-refractivity contribution < 1.29 is 56.8 Å². The normalized spacial score (nSPS) is 16.4. The van der Waals surface area contributed by atoms with Crippen LogP contribution in [0, 0.1) is 0 Å². The molecule has 0 fully saturated rings. The summed E-state index contributed by atoms with van der Waals surface area (Å²) in [7, 11) is -16.8. The summed E-state index contributed by atoms with van der Waals surface area (Å²) >= 11 is 0. The molecule has 20 heteroatoms. The van der Waals surface area contributed by atoms with Crippen LogP contribution in [-0.2, 0) is 27.4 Å². The van der Waals surface area contributed by atoms with Gasteiger partial charge in [0.2, 0.25) is 0 Å². The fourth-order valence-electron chi connectivity index (χ4n) is 0.612. The van der Waals surface area contributed by atoms with Crippen LogP contribution in [0.4, 0.5) is 0 Å². The van der Waals surface area contributed by atoms with Crippen LogP contribution in [0.15, 0.2) is 0 Å². The van der Waals surface area contributed by atoms with Crippen LogP contribution in [-0.4, -0.2) is 71.7 Å². The van der Waals surface area contributed by atoms with Crippen LogP contribution in [0.2, 0.25) is 0 Å². The Kier molecular flexibility index (Phi) is 40.6. The van der Waals surface area contributed by atoms with E-state index in [4.69, 9.17) is 0 Å². The van der Waals surface area contributed by atoms with E-state index in [-0.39, 0.29) is 71.7 Å². The predicted molar refractivity (Wildman–Crippen MR) is 94.7 cm³/mol. The van der Waals surface area contributed by atoms with Crippen molar-refractivity contribution in [3.05, 3.63) is 0 Å². The van der Waals surface area contributed by atoms with Crippen LogP contribution < -0.4 is 29.4 Å². The van der Waals surface area contributed by atoms with Crippen molar-refractivity contribution in [1.29, 1.82) is 0 Å². The van der Waals surface area contributed by atoms with E-state index in [1.54, 1.807) is 0 Å². The summed E-state index contributed by atoms with van der Waals surface area (Å²) in [6.45, 7) is 0. The Balaban J connectivity index is -0.0000000817. The van der Waals surface area contributed by atoms with Crippen molar-refractivity contribution in [3.8, 4) is 0 Å². The zero-order valence-corrected chi connectivity index (χ0v) is 21.6. The summed E-state index contributed by atoms with van der Waals surface area (Å²) in [5.41, 5.74) is 0. The molecule has 6 atom stereocenters. The van der Waals surface area contributed by atoms with Gasteiger partial charge in [-0.3, -0.25) is 0 Å². The Morgan fingerprint density at radius 1 is 0.346 bits per heavy atom. The van der Waals surface area contributed by atoms with E-state index in [2.05, 4.69) is 0 Å². The molecular formula is C6H18Al2O12P6. The molecule has 0 spiro atoms. The molecule has 12 nitrogen and oxygen atoms in total. The minimum Gasteiger partial charge on any atom is -0.802 e. The third kappa shape index (κ3) is 56.2. The second kappa shape index (κ2) is 27.2. The number of hydrogen-bond acceptors (Lipinski definition) is 12. The summed E-state index contributed by atoms with van der Waals surface area (Å²) in [5.74, 6) is 0. The number of hydrogen-bond donors (Lipinski definition) is 0. The van der Waals surface area contributed by atoms with Gasteiger partial charge in [-0.25, -0.2) is 0 Å². The fraction of sp³-hybridized carbons (Fsp3) is 1.00. The van der Waals surface area contributed by atoms with E-state index in [0.29, 0.717) is 0 Å². The molecule has 0 aliphatic heterocycles. The van der Waals surface area contributed by atoms with Crippen LogP contribution in [0.1, 0.15) is 0 Å². The summed E-state index contributed by atoms with van der Waals surface area (Å²) in [5, 5.41) is 0. The maximum Gasteiger partial charge on any atom is 3.00 e. The molecule has 150 valence electrons. The summed E-state index contributed by atoms with van der Waals surface area (Å²) in [4.78, 5) is 58.3. The molecule has 0 bridgehead atoms. The van der Waals surface area contributed by atoms with Gasteiger partial charge in [-0.1, -0.05) is 0 Å². The molecule has 0 heterocycles. The van der Waals surface area contributed by atoms with Crippen molar-refractivity contribution in [2.24, 2.45) is 0 Å². The van der Waals surface area contributed by atoms with E-state index in [1.807, 2.05) is 0 Å². The minimum atomic E-state index is -2.80. The van der Waals surface area contributed by atoms with Crippen LogP contribution in [0.25, 0.3) is 0 Å². The maximum absolute atomic E-state index is 9.72. The Labute approximate surface area is 176 Å². The van der Waals surface area contributed by atoms with Gasteiger partial charge in [0, 0.05) is 48.2 Å². The number of rotatable bonds is 9. The minimum absolute atomic E-state index is 0. The van der Waals surface area contributed by atoms with Gasteiger partial charge in [0.1, 0.15) is 0 Å². The van der Waals surface area contributed by atoms with E-state index in [1.165, 1.54) is 0 Å². The third-order valence-corrected chi connectivity index (χ3v) is 7.05. The maximum atomic E-state index is 9.72. The summed E-state index contributed by atoms with van der Waals surface area (Å²) in [6, 6.07) is 0. The molecular weight excluding hydrogens is 504 g/mol. The molecule has 0 N–H and O–H groups in total. The first-order valence-electron chi connectivity index (χ1n) is 6.07. The van der Waals surface area contributed by atoms with Crippen LogP contribution in [0.5, 0.6) is 0 Å². The van der Waals surface area contributed by atoms with Gasteiger partial charge in [0.25, 0.3) is 0 Å². The van der Waals surface area contributed by atoms with E-state index in [9.17, 15) is 56.8 Å². The molecule has 0 radical (unpaired) electrons. The van der Waals surface area contributed by atoms with Gasteiger partial charge in [-0.2, -0.15) is 0 Å². The molecule has 6 unspecified atom stereocenters. The topological polar surface area (TPSA) is 241 Å². The second-order valence-corrected chi connectivity index (χ2v) is 11.2.